The van der Waals surface area contributed by atoms with Crippen molar-refractivity contribution in [3.63, 3.8) is 0 Å². The summed E-state index contributed by atoms with van der Waals surface area (Å²) in [6, 6.07) is 6.09. The van der Waals surface area contributed by atoms with E-state index in [9.17, 15) is 4.79 Å². The van der Waals surface area contributed by atoms with E-state index in [1.54, 1.807) is 0 Å². The van der Waals surface area contributed by atoms with Crippen LogP contribution in [0.3, 0.4) is 0 Å². The zero-order valence-electron chi connectivity index (χ0n) is 12.0. The number of benzene rings is 1. The number of nitrogens with zero attached hydrogens (tertiary/aromatic N) is 1. The lowest BCUT2D eigenvalue weighted by Crippen LogP contribution is -2.47. The van der Waals surface area contributed by atoms with Gasteiger partial charge in [-0.05, 0) is 56.0 Å². The average molecular weight is 274 g/mol. The molecule has 2 N–H and O–H groups in total. The van der Waals surface area contributed by atoms with Gasteiger partial charge in [0.15, 0.2) is 0 Å². The molecule has 3 rings (SSSR count). The van der Waals surface area contributed by atoms with Crippen molar-refractivity contribution in [3.8, 4) is 5.75 Å². The number of amides is 1. The van der Waals surface area contributed by atoms with Gasteiger partial charge in [-0.3, -0.25) is 4.79 Å². The molecular formula is C16H22N2O2. The fraction of sp³-hybridized carbons (Fsp3) is 0.562. The summed E-state index contributed by atoms with van der Waals surface area (Å²) in [5, 5.41) is 0. The Kier molecular flexibility index (Phi) is 3.66. The quantitative estimate of drug-likeness (QED) is 0.895. The van der Waals surface area contributed by atoms with Crippen LogP contribution < -0.4 is 10.5 Å². The third-order valence-corrected chi connectivity index (χ3v) is 4.51. The predicted octanol–water partition coefficient (Wildman–Crippen LogP) is 1.82. The zero-order chi connectivity index (χ0) is 14.1. The smallest absolute Gasteiger partial charge is 0.254 e. The molecule has 1 fully saturated rings. The van der Waals surface area contributed by atoms with Gasteiger partial charge < -0.3 is 15.4 Å². The Labute approximate surface area is 119 Å². The van der Waals surface area contributed by atoms with Crippen molar-refractivity contribution in [2.45, 2.75) is 32.2 Å². The van der Waals surface area contributed by atoms with Crippen LogP contribution in [-0.4, -0.2) is 36.5 Å². The molecule has 0 radical (unpaired) electrons. The van der Waals surface area contributed by atoms with E-state index in [0.717, 1.165) is 49.3 Å². The van der Waals surface area contributed by atoms with Crippen molar-refractivity contribution in [3.05, 3.63) is 29.3 Å². The summed E-state index contributed by atoms with van der Waals surface area (Å²) in [6.07, 6.45) is 3.07. The predicted molar refractivity (Wildman–Crippen MR) is 77.9 cm³/mol. The van der Waals surface area contributed by atoms with Gasteiger partial charge in [0.2, 0.25) is 0 Å². The third-order valence-electron chi connectivity index (χ3n) is 4.51. The normalized spacial score (nSPS) is 25.2. The summed E-state index contributed by atoms with van der Waals surface area (Å²) in [7, 11) is 0. The molecule has 2 unspecified atom stereocenters. The Morgan fingerprint density at radius 2 is 2.30 bits per heavy atom. The number of piperidine rings is 1. The molecule has 0 aromatic heterocycles. The maximum absolute atomic E-state index is 12.7. The van der Waals surface area contributed by atoms with Crippen LogP contribution in [0.4, 0.5) is 0 Å². The first-order valence-electron chi connectivity index (χ1n) is 7.46. The lowest BCUT2D eigenvalue weighted by atomic mass is 9.92. The molecule has 1 saturated heterocycles. The zero-order valence-corrected chi connectivity index (χ0v) is 12.0. The second-order valence-corrected chi connectivity index (χ2v) is 5.91. The monoisotopic (exact) mass is 274 g/mol. The van der Waals surface area contributed by atoms with E-state index in [1.807, 2.05) is 23.1 Å². The number of hydrogen-bond donors (Lipinski definition) is 1. The van der Waals surface area contributed by atoms with Gasteiger partial charge in [-0.2, -0.15) is 0 Å². The maximum atomic E-state index is 12.7. The highest BCUT2D eigenvalue weighted by Crippen LogP contribution is 2.28. The molecule has 2 aliphatic heterocycles. The molecule has 1 amide bonds. The van der Waals surface area contributed by atoms with E-state index in [-0.39, 0.29) is 5.91 Å². The Morgan fingerprint density at radius 1 is 1.45 bits per heavy atom. The number of hydrogen-bond acceptors (Lipinski definition) is 3. The highest BCUT2D eigenvalue weighted by atomic mass is 16.5. The molecule has 0 spiro atoms. The van der Waals surface area contributed by atoms with Gasteiger partial charge in [0.25, 0.3) is 5.91 Å². The topological polar surface area (TPSA) is 55.6 Å². The van der Waals surface area contributed by atoms with E-state index in [2.05, 4.69) is 6.92 Å². The number of likely N-dealkylation sites (tertiary alicyclic amines) is 1. The molecule has 0 bridgehead atoms. The molecule has 2 aliphatic rings. The highest BCUT2D eigenvalue weighted by Gasteiger charge is 2.29. The highest BCUT2D eigenvalue weighted by molar-refractivity contribution is 5.95. The molecule has 20 heavy (non-hydrogen) atoms. The lowest BCUT2D eigenvalue weighted by molar-refractivity contribution is 0.0567. The van der Waals surface area contributed by atoms with E-state index >= 15 is 0 Å². The molecule has 2 heterocycles. The molecule has 1 aromatic carbocycles. The SMILES string of the molecule is CC1CCC(CN)CN1C(=O)c1ccc2c(c1)CCO2. The van der Waals surface area contributed by atoms with Crippen LogP contribution in [-0.2, 0) is 6.42 Å². The van der Waals surface area contributed by atoms with E-state index in [4.69, 9.17) is 10.5 Å². The number of rotatable bonds is 2. The second kappa shape index (κ2) is 5.44. The second-order valence-electron chi connectivity index (χ2n) is 5.91. The van der Waals surface area contributed by atoms with Crippen molar-refractivity contribution >= 4 is 5.91 Å². The summed E-state index contributed by atoms with van der Waals surface area (Å²) in [6.45, 7) is 4.29. The maximum Gasteiger partial charge on any atom is 0.254 e. The van der Waals surface area contributed by atoms with Crippen molar-refractivity contribution < 1.29 is 9.53 Å². The minimum absolute atomic E-state index is 0.130. The average Bonchev–Trinajstić information content (AvgIpc) is 2.94. The summed E-state index contributed by atoms with van der Waals surface area (Å²) in [5.74, 6) is 1.49. The molecular weight excluding hydrogens is 252 g/mol. The van der Waals surface area contributed by atoms with Gasteiger partial charge in [-0.15, -0.1) is 0 Å². The van der Waals surface area contributed by atoms with Crippen molar-refractivity contribution in [2.75, 3.05) is 19.7 Å². The van der Waals surface area contributed by atoms with Crippen LogP contribution in [0.2, 0.25) is 0 Å². The first kappa shape index (κ1) is 13.4. The Morgan fingerprint density at radius 3 is 3.10 bits per heavy atom. The Bertz CT molecular complexity index is 515. The van der Waals surface area contributed by atoms with E-state index in [0.29, 0.717) is 18.5 Å². The molecule has 4 heteroatoms. The number of fused-ring (bicyclic) bond motifs is 1. The minimum Gasteiger partial charge on any atom is -0.493 e. The number of carbonyl (C=O) groups excluding carboxylic acids is 1. The molecule has 0 saturated carbocycles. The summed E-state index contributed by atoms with van der Waals surface area (Å²) in [4.78, 5) is 14.7. The fourth-order valence-corrected chi connectivity index (χ4v) is 3.14. The van der Waals surface area contributed by atoms with Gasteiger partial charge in [-0.1, -0.05) is 0 Å². The van der Waals surface area contributed by atoms with E-state index < -0.39 is 0 Å². The fourth-order valence-electron chi connectivity index (χ4n) is 3.14. The minimum atomic E-state index is 0.130. The first-order valence-corrected chi connectivity index (χ1v) is 7.46. The lowest BCUT2D eigenvalue weighted by Gasteiger charge is -2.37. The number of ether oxygens (including phenoxy) is 1. The molecule has 1 aromatic rings. The number of carbonyl (C=O) groups is 1. The van der Waals surface area contributed by atoms with Crippen molar-refractivity contribution in [1.29, 1.82) is 0 Å². The molecule has 0 aliphatic carbocycles. The van der Waals surface area contributed by atoms with Gasteiger partial charge >= 0.3 is 0 Å². The van der Waals surface area contributed by atoms with Crippen LogP contribution >= 0.6 is 0 Å². The van der Waals surface area contributed by atoms with Gasteiger partial charge in [0.05, 0.1) is 6.61 Å². The van der Waals surface area contributed by atoms with E-state index in [1.165, 1.54) is 0 Å². The van der Waals surface area contributed by atoms with Crippen LogP contribution in [0.15, 0.2) is 18.2 Å². The van der Waals surface area contributed by atoms with Gasteiger partial charge in [-0.25, -0.2) is 0 Å². The third kappa shape index (κ3) is 2.40. The largest absolute Gasteiger partial charge is 0.493 e. The van der Waals surface area contributed by atoms with Crippen LogP contribution in [0.5, 0.6) is 5.75 Å². The first-order chi connectivity index (χ1) is 9.69. The summed E-state index contributed by atoms with van der Waals surface area (Å²) >= 11 is 0. The van der Waals surface area contributed by atoms with Crippen LogP contribution in [0, 0.1) is 5.92 Å². The van der Waals surface area contributed by atoms with Gasteiger partial charge in [0.1, 0.15) is 5.75 Å². The number of nitrogens with two attached hydrogens (primary N) is 1. The van der Waals surface area contributed by atoms with Crippen LogP contribution in [0.25, 0.3) is 0 Å². The molecule has 4 nitrogen and oxygen atoms in total. The molecule has 108 valence electrons. The Balaban J connectivity index is 1.80. The standard InChI is InChI=1S/C16H22N2O2/c1-11-2-3-12(9-17)10-18(11)16(19)14-4-5-15-13(8-14)6-7-20-15/h4-5,8,11-12H,2-3,6-7,9-10,17H2,1H3. The van der Waals surface area contributed by atoms with Crippen molar-refractivity contribution in [1.82, 2.24) is 4.90 Å². The van der Waals surface area contributed by atoms with Crippen molar-refractivity contribution in [2.24, 2.45) is 11.7 Å². The Hall–Kier alpha value is -1.55. The summed E-state index contributed by atoms with van der Waals surface area (Å²) < 4.78 is 5.49. The molecule has 2 atom stereocenters. The van der Waals surface area contributed by atoms with Gasteiger partial charge in [0, 0.05) is 24.6 Å². The van der Waals surface area contributed by atoms with Crippen LogP contribution in [0.1, 0.15) is 35.7 Å². The summed E-state index contributed by atoms with van der Waals surface area (Å²) in [5.41, 5.74) is 7.69.